The van der Waals surface area contributed by atoms with Crippen molar-refractivity contribution in [1.82, 2.24) is 4.98 Å². The third-order valence-corrected chi connectivity index (χ3v) is 3.96. The number of rotatable bonds is 4. The fourth-order valence-electron chi connectivity index (χ4n) is 1.64. The molecule has 18 heavy (non-hydrogen) atoms. The van der Waals surface area contributed by atoms with Crippen molar-refractivity contribution in [3.63, 3.8) is 0 Å². The van der Waals surface area contributed by atoms with Crippen molar-refractivity contribution in [3.05, 3.63) is 30.3 Å². The number of methoxy groups -OCH3 is 1. The van der Waals surface area contributed by atoms with Gasteiger partial charge in [0.05, 0.1) is 12.1 Å². The van der Waals surface area contributed by atoms with Crippen LogP contribution in [0.4, 0.5) is 0 Å². The molecular formula is C13H16N2O2S. The molecule has 0 fully saturated rings. The van der Waals surface area contributed by atoms with Crippen LogP contribution in [-0.4, -0.2) is 29.4 Å². The van der Waals surface area contributed by atoms with Gasteiger partial charge in [0.25, 0.3) is 0 Å². The number of aromatic amines is 1. The van der Waals surface area contributed by atoms with Gasteiger partial charge in [-0.3, -0.25) is 4.79 Å². The molecule has 1 atom stereocenters. The maximum Gasteiger partial charge on any atom is 0.326 e. The highest BCUT2D eigenvalue weighted by atomic mass is 32.2. The maximum absolute atomic E-state index is 11.5. The molecule has 0 aliphatic heterocycles. The summed E-state index contributed by atoms with van der Waals surface area (Å²) in [6.45, 7) is 1.68. The van der Waals surface area contributed by atoms with E-state index in [2.05, 4.69) is 9.72 Å². The van der Waals surface area contributed by atoms with Crippen molar-refractivity contribution >= 4 is 28.6 Å². The van der Waals surface area contributed by atoms with Gasteiger partial charge in [-0.25, -0.2) is 0 Å². The molecule has 0 bridgehead atoms. The number of para-hydroxylation sites is 1. The number of nitrogens with one attached hydrogen (secondary N) is 1. The molecular weight excluding hydrogens is 248 g/mol. The van der Waals surface area contributed by atoms with Gasteiger partial charge in [-0.15, -0.1) is 11.8 Å². The Bertz CT molecular complexity index is 530. The molecule has 1 heterocycles. The van der Waals surface area contributed by atoms with Crippen LogP contribution in [-0.2, 0) is 9.53 Å². The highest BCUT2D eigenvalue weighted by Gasteiger charge is 2.29. The normalized spacial score (nSPS) is 14.4. The quantitative estimate of drug-likeness (QED) is 0.656. The largest absolute Gasteiger partial charge is 0.468 e. The molecule has 0 amide bonds. The lowest BCUT2D eigenvalue weighted by atomic mass is 10.1. The summed E-state index contributed by atoms with van der Waals surface area (Å²) in [5, 5.41) is 2.15. The van der Waals surface area contributed by atoms with Crippen LogP contribution < -0.4 is 5.73 Å². The minimum absolute atomic E-state index is 0.397. The van der Waals surface area contributed by atoms with Crippen molar-refractivity contribution in [3.8, 4) is 0 Å². The second-order valence-corrected chi connectivity index (χ2v) is 5.44. The van der Waals surface area contributed by atoms with Gasteiger partial charge in [0.1, 0.15) is 5.54 Å². The lowest BCUT2D eigenvalue weighted by Crippen LogP contribution is -2.48. The molecule has 1 aromatic heterocycles. The lowest BCUT2D eigenvalue weighted by Gasteiger charge is -2.20. The molecule has 0 radical (unpaired) electrons. The molecule has 0 saturated carbocycles. The first kappa shape index (κ1) is 13.0. The molecule has 1 aromatic carbocycles. The molecule has 5 heteroatoms. The summed E-state index contributed by atoms with van der Waals surface area (Å²) in [6, 6.07) is 10.1. The summed E-state index contributed by atoms with van der Waals surface area (Å²) in [6.07, 6.45) is 0. The van der Waals surface area contributed by atoms with Gasteiger partial charge >= 0.3 is 5.97 Å². The number of hydrogen-bond donors (Lipinski definition) is 2. The number of nitrogens with two attached hydrogens (primary N) is 1. The van der Waals surface area contributed by atoms with E-state index in [0.29, 0.717) is 5.75 Å². The Balaban J connectivity index is 2.08. The Kier molecular flexibility index (Phi) is 3.63. The Labute approximate surface area is 110 Å². The number of benzene rings is 1. The topological polar surface area (TPSA) is 68.1 Å². The minimum atomic E-state index is -0.975. The number of esters is 1. The van der Waals surface area contributed by atoms with E-state index in [9.17, 15) is 4.79 Å². The molecule has 0 saturated heterocycles. The highest BCUT2D eigenvalue weighted by molar-refractivity contribution is 7.99. The summed E-state index contributed by atoms with van der Waals surface area (Å²) in [5.74, 6) is 0.0677. The molecule has 2 rings (SSSR count). The highest BCUT2D eigenvalue weighted by Crippen LogP contribution is 2.25. The zero-order valence-electron chi connectivity index (χ0n) is 10.4. The molecule has 4 nitrogen and oxygen atoms in total. The van der Waals surface area contributed by atoms with E-state index in [4.69, 9.17) is 5.73 Å². The van der Waals surface area contributed by atoms with Crippen molar-refractivity contribution in [1.29, 1.82) is 0 Å². The number of thioether (sulfide) groups is 1. The first-order valence-corrected chi connectivity index (χ1v) is 6.59. The fourth-order valence-corrected chi connectivity index (χ4v) is 2.61. The predicted molar refractivity (Wildman–Crippen MR) is 73.6 cm³/mol. The molecule has 0 aliphatic carbocycles. The number of aromatic nitrogens is 1. The fraction of sp³-hybridized carbons (Fsp3) is 0.308. The van der Waals surface area contributed by atoms with Gasteiger partial charge in [0, 0.05) is 16.7 Å². The summed E-state index contributed by atoms with van der Waals surface area (Å²) >= 11 is 1.52. The molecule has 1 unspecified atom stereocenters. The number of H-pyrrole nitrogens is 1. The van der Waals surface area contributed by atoms with Crippen molar-refractivity contribution in [2.75, 3.05) is 12.9 Å². The summed E-state index contributed by atoms with van der Waals surface area (Å²) in [4.78, 5) is 14.7. The summed E-state index contributed by atoms with van der Waals surface area (Å²) in [7, 11) is 1.35. The van der Waals surface area contributed by atoms with Crippen LogP contribution in [0.2, 0.25) is 0 Å². The van der Waals surface area contributed by atoms with Gasteiger partial charge < -0.3 is 15.5 Å². The number of fused-ring (bicyclic) bond motifs is 1. The Hall–Kier alpha value is -1.46. The van der Waals surface area contributed by atoms with E-state index < -0.39 is 11.5 Å². The zero-order chi connectivity index (χ0) is 13.2. The number of hydrogen-bond acceptors (Lipinski definition) is 4. The Morgan fingerprint density at radius 2 is 2.22 bits per heavy atom. The third-order valence-electron chi connectivity index (χ3n) is 2.68. The van der Waals surface area contributed by atoms with Crippen LogP contribution in [0.5, 0.6) is 0 Å². The number of carbonyl (C=O) groups is 1. The van der Waals surface area contributed by atoms with Crippen LogP contribution in [0, 0.1) is 0 Å². The van der Waals surface area contributed by atoms with Gasteiger partial charge in [-0.2, -0.15) is 0 Å². The van der Waals surface area contributed by atoms with Gasteiger partial charge in [-0.1, -0.05) is 18.2 Å². The molecule has 0 spiro atoms. The van der Waals surface area contributed by atoms with E-state index in [1.807, 2.05) is 30.3 Å². The van der Waals surface area contributed by atoms with Crippen LogP contribution in [0.3, 0.4) is 0 Å². The van der Waals surface area contributed by atoms with Gasteiger partial charge in [0.15, 0.2) is 0 Å². The van der Waals surface area contributed by atoms with Gasteiger partial charge in [-0.05, 0) is 19.1 Å². The maximum atomic E-state index is 11.5. The minimum Gasteiger partial charge on any atom is -0.468 e. The van der Waals surface area contributed by atoms with Crippen LogP contribution in [0.15, 0.2) is 35.4 Å². The Morgan fingerprint density at radius 1 is 1.50 bits per heavy atom. The van der Waals surface area contributed by atoms with Crippen molar-refractivity contribution in [2.45, 2.75) is 17.5 Å². The second kappa shape index (κ2) is 5.04. The average Bonchev–Trinajstić information content (AvgIpc) is 2.78. The Morgan fingerprint density at radius 3 is 2.89 bits per heavy atom. The van der Waals surface area contributed by atoms with E-state index in [-0.39, 0.29) is 0 Å². The van der Waals surface area contributed by atoms with Crippen molar-refractivity contribution in [2.24, 2.45) is 5.73 Å². The molecule has 96 valence electrons. The smallest absolute Gasteiger partial charge is 0.326 e. The second-order valence-electron chi connectivity index (χ2n) is 4.42. The van der Waals surface area contributed by atoms with Crippen LogP contribution >= 0.6 is 11.8 Å². The van der Waals surface area contributed by atoms with E-state index in [1.54, 1.807) is 6.92 Å². The molecule has 2 aromatic rings. The number of ether oxygens (including phenoxy) is 1. The first-order chi connectivity index (χ1) is 8.53. The summed E-state index contributed by atoms with van der Waals surface area (Å²) < 4.78 is 4.67. The van der Waals surface area contributed by atoms with Gasteiger partial charge in [0.2, 0.25) is 0 Å². The lowest BCUT2D eigenvalue weighted by molar-refractivity contribution is -0.145. The molecule has 3 N–H and O–H groups in total. The molecule has 0 aliphatic rings. The van der Waals surface area contributed by atoms with E-state index >= 15 is 0 Å². The van der Waals surface area contributed by atoms with Crippen LogP contribution in [0.1, 0.15) is 6.92 Å². The monoisotopic (exact) mass is 264 g/mol. The average molecular weight is 264 g/mol. The SMILES string of the molecule is COC(=O)C(C)(N)CSc1cc2ccccc2[nH]1. The van der Waals surface area contributed by atoms with E-state index in [1.165, 1.54) is 18.9 Å². The standard InChI is InChI=1S/C13H16N2O2S/c1-13(14,12(16)17-2)8-18-11-7-9-5-3-4-6-10(9)15-11/h3-7,15H,8,14H2,1-2H3. The number of carbonyl (C=O) groups excluding carboxylic acids is 1. The zero-order valence-corrected chi connectivity index (χ0v) is 11.2. The first-order valence-electron chi connectivity index (χ1n) is 5.61. The predicted octanol–water partition coefficient (Wildman–Crippen LogP) is 2.15. The third kappa shape index (κ3) is 2.68. The van der Waals surface area contributed by atoms with Crippen LogP contribution in [0.25, 0.3) is 10.9 Å². The van der Waals surface area contributed by atoms with Crippen molar-refractivity contribution < 1.29 is 9.53 Å². The van der Waals surface area contributed by atoms with E-state index in [0.717, 1.165) is 15.9 Å². The summed E-state index contributed by atoms with van der Waals surface area (Å²) in [5.41, 5.74) is 6.01.